The summed E-state index contributed by atoms with van der Waals surface area (Å²) in [5.74, 6) is 1.30. The zero-order valence-electron chi connectivity index (χ0n) is 11.6. The number of benzene rings is 1. The van der Waals surface area contributed by atoms with Crippen molar-refractivity contribution in [3.05, 3.63) is 23.8 Å². The smallest absolute Gasteiger partial charge is 0.207 e. The van der Waals surface area contributed by atoms with Gasteiger partial charge in [-0.25, -0.2) is 0 Å². The van der Waals surface area contributed by atoms with Gasteiger partial charge in [0, 0.05) is 6.66 Å². The quantitative estimate of drug-likeness (QED) is 0.740. The van der Waals surface area contributed by atoms with Crippen LogP contribution in [0.25, 0.3) is 0 Å². The molecule has 102 valence electrons. The van der Waals surface area contributed by atoms with Gasteiger partial charge >= 0.3 is 0 Å². The lowest BCUT2D eigenvalue weighted by Crippen LogP contribution is -2.00. The van der Waals surface area contributed by atoms with Gasteiger partial charge < -0.3 is 14.0 Å². The van der Waals surface area contributed by atoms with Gasteiger partial charge in [-0.2, -0.15) is 0 Å². The topological polar surface area (TPSA) is 44.8 Å². The molecular weight excluding hydrogens is 251 g/mol. The molecule has 0 radical (unpaired) electrons. The average molecular weight is 272 g/mol. The molecule has 1 aromatic carbocycles. The van der Waals surface area contributed by atoms with Crippen LogP contribution in [-0.4, -0.2) is 27.5 Å². The zero-order chi connectivity index (χ0) is 13.8. The summed E-state index contributed by atoms with van der Waals surface area (Å²) < 4.78 is 28.2. The van der Waals surface area contributed by atoms with Gasteiger partial charge in [0.05, 0.1) is 26.5 Å². The molecule has 0 aromatic heterocycles. The van der Waals surface area contributed by atoms with E-state index in [0.717, 1.165) is 5.56 Å². The maximum Gasteiger partial charge on any atom is 0.207 e. The Bertz CT molecular complexity index is 445. The highest BCUT2D eigenvalue weighted by atomic mass is 31.2. The number of ether oxygens (including phenoxy) is 2. The van der Waals surface area contributed by atoms with E-state index in [9.17, 15) is 4.57 Å². The molecule has 4 nitrogen and oxygen atoms in total. The van der Waals surface area contributed by atoms with E-state index < -0.39 is 7.37 Å². The van der Waals surface area contributed by atoms with Crippen molar-refractivity contribution in [2.24, 2.45) is 0 Å². The third kappa shape index (κ3) is 3.27. The third-order valence-electron chi connectivity index (χ3n) is 2.98. The van der Waals surface area contributed by atoms with Crippen molar-refractivity contribution in [3.8, 4) is 11.5 Å². The highest BCUT2D eigenvalue weighted by molar-refractivity contribution is 7.58. The van der Waals surface area contributed by atoms with Gasteiger partial charge in [-0.3, -0.25) is 4.57 Å². The summed E-state index contributed by atoms with van der Waals surface area (Å²) in [5, 5.41) is 0. The van der Waals surface area contributed by atoms with Gasteiger partial charge in [0.1, 0.15) is 0 Å². The minimum atomic E-state index is -2.66. The van der Waals surface area contributed by atoms with Crippen LogP contribution < -0.4 is 9.47 Å². The molecule has 0 N–H and O–H groups in total. The molecule has 2 unspecified atom stereocenters. The molecule has 5 heteroatoms. The first kappa shape index (κ1) is 15.1. The summed E-state index contributed by atoms with van der Waals surface area (Å²) in [4.78, 5) is 0. The largest absolute Gasteiger partial charge is 0.493 e. The van der Waals surface area contributed by atoms with E-state index in [1.807, 2.05) is 32.0 Å². The van der Waals surface area contributed by atoms with Gasteiger partial charge in [0.15, 0.2) is 11.5 Å². The van der Waals surface area contributed by atoms with Crippen LogP contribution in [0.2, 0.25) is 0 Å². The zero-order valence-corrected chi connectivity index (χ0v) is 12.5. The maximum atomic E-state index is 12.4. The van der Waals surface area contributed by atoms with Crippen LogP contribution in [0, 0.1) is 0 Å². The average Bonchev–Trinajstić information content (AvgIpc) is 2.36. The standard InChI is InChI=1S/C13H21O4P/c1-6-17-18(5,14)10(2)11-7-8-12(15-3)13(9-11)16-4/h7-10H,6H2,1-5H3. The Kier molecular flexibility index (Phi) is 5.24. The molecule has 0 saturated heterocycles. The fourth-order valence-electron chi connectivity index (χ4n) is 1.75. The van der Waals surface area contributed by atoms with E-state index in [4.69, 9.17) is 14.0 Å². The van der Waals surface area contributed by atoms with Gasteiger partial charge in [-0.05, 0) is 31.5 Å². The molecule has 0 fully saturated rings. The summed E-state index contributed by atoms with van der Waals surface area (Å²) >= 11 is 0. The highest BCUT2D eigenvalue weighted by Gasteiger charge is 2.26. The van der Waals surface area contributed by atoms with Crippen molar-refractivity contribution in [1.29, 1.82) is 0 Å². The Morgan fingerprint density at radius 2 is 1.83 bits per heavy atom. The van der Waals surface area contributed by atoms with Crippen molar-refractivity contribution in [3.63, 3.8) is 0 Å². The van der Waals surface area contributed by atoms with Gasteiger partial charge in [-0.15, -0.1) is 0 Å². The van der Waals surface area contributed by atoms with Crippen LogP contribution in [0.1, 0.15) is 25.1 Å². The molecule has 1 aromatic rings. The summed E-state index contributed by atoms with van der Waals surface area (Å²) in [6.45, 7) is 5.86. The van der Waals surface area contributed by atoms with Gasteiger partial charge in [0.25, 0.3) is 0 Å². The minimum absolute atomic E-state index is 0.169. The van der Waals surface area contributed by atoms with E-state index in [-0.39, 0.29) is 5.66 Å². The molecule has 0 aliphatic carbocycles. The number of hydrogen-bond donors (Lipinski definition) is 0. The Morgan fingerprint density at radius 3 is 2.33 bits per heavy atom. The molecule has 0 spiro atoms. The first-order valence-electron chi connectivity index (χ1n) is 5.90. The predicted octanol–water partition coefficient (Wildman–Crippen LogP) is 3.71. The van der Waals surface area contributed by atoms with Crippen LogP contribution in [0.3, 0.4) is 0 Å². The maximum absolute atomic E-state index is 12.4. The molecule has 1 rings (SSSR count). The van der Waals surface area contributed by atoms with E-state index in [1.54, 1.807) is 20.9 Å². The molecule has 0 aliphatic heterocycles. The first-order valence-corrected chi connectivity index (χ1v) is 8.04. The number of rotatable bonds is 6. The second-order valence-corrected chi connectivity index (χ2v) is 6.97. The summed E-state index contributed by atoms with van der Waals surface area (Å²) in [5.41, 5.74) is 0.754. The third-order valence-corrected chi connectivity index (χ3v) is 5.46. The fraction of sp³-hybridized carbons (Fsp3) is 0.538. The Hall–Kier alpha value is -0.990. The monoisotopic (exact) mass is 272 g/mol. The molecule has 2 atom stereocenters. The molecule has 0 saturated carbocycles. The van der Waals surface area contributed by atoms with Crippen molar-refractivity contribution in [2.45, 2.75) is 19.5 Å². The summed E-state index contributed by atoms with van der Waals surface area (Å²) in [6, 6.07) is 5.55. The molecule has 0 bridgehead atoms. The Labute approximate surface area is 109 Å². The van der Waals surface area contributed by atoms with Gasteiger partial charge in [-0.1, -0.05) is 6.07 Å². The Morgan fingerprint density at radius 1 is 1.22 bits per heavy atom. The normalized spacial score (nSPS) is 15.8. The predicted molar refractivity (Wildman–Crippen MR) is 73.1 cm³/mol. The van der Waals surface area contributed by atoms with Crippen molar-refractivity contribution in [2.75, 3.05) is 27.5 Å². The van der Waals surface area contributed by atoms with E-state index in [1.165, 1.54) is 0 Å². The molecule has 18 heavy (non-hydrogen) atoms. The SMILES string of the molecule is CCOP(C)(=O)C(C)c1ccc(OC)c(OC)c1. The van der Waals surface area contributed by atoms with Crippen molar-refractivity contribution < 1.29 is 18.6 Å². The summed E-state index contributed by atoms with van der Waals surface area (Å²) in [7, 11) is 0.517. The van der Waals surface area contributed by atoms with E-state index in [0.29, 0.717) is 18.1 Å². The van der Waals surface area contributed by atoms with E-state index >= 15 is 0 Å². The van der Waals surface area contributed by atoms with Crippen LogP contribution in [0.15, 0.2) is 18.2 Å². The number of hydrogen-bond acceptors (Lipinski definition) is 4. The van der Waals surface area contributed by atoms with Gasteiger partial charge in [0.2, 0.25) is 7.37 Å². The lowest BCUT2D eigenvalue weighted by molar-refractivity contribution is 0.331. The Balaban J connectivity index is 3.07. The van der Waals surface area contributed by atoms with Crippen LogP contribution in [0.5, 0.6) is 11.5 Å². The van der Waals surface area contributed by atoms with Crippen LogP contribution in [-0.2, 0) is 9.09 Å². The lowest BCUT2D eigenvalue weighted by atomic mass is 10.1. The fourth-order valence-corrected chi connectivity index (χ4v) is 3.19. The van der Waals surface area contributed by atoms with E-state index in [2.05, 4.69) is 0 Å². The van der Waals surface area contributed by atoms with Crippen LogP contribution in [0.4, 0.5) is 0 Å². The molecule has 0 aliphatic rings. The number of methoxy groups -OCH3 is 2. The molecule has 0 heterocycles. The molecular formula is C13H21O4P. The molecule has 0 amide bonds. The first-order chi connectivity index (χ1) is 8.46. The second-order valence-electron chi connectivity index (χ2n) is 4.12. The lowest BCUT2D eigenvalue weighted by Gasteiger charge is -2.21. The summed E-state index contributed by atoms with van der Waals surface area (Å²) in [6.07, 6.45) is 0. The van der Waals surface area contributed by atoms with Crippen LogP contribution >= 0.6 is 7.37 Å². The van der Waals surface area contributed by atoms with Crippen molar-refractivity contribution >= 4 is 7.37 Å². The minimum Gasteiger partial charge on any atom is -0.493 e. The second kappa shape index (κ2) is 6.26. The highest BCUT2D eigenvalue weighted by Crippen LogP contribution is 2.57. The van der Waals surface area contributed by atoms with Crippen molar-refractivity contribution in [1.82, 2.24) is 0 Å².